The lowest BCUT2D eigenvalue weighted by Crippen LogP contribution is -2.41. The predicted octanol–water partition coefficient (Wildman–Crippen LogP) is 3.27. The Morgan fingerprint density at radius 1 is 1.14 bits per heavy atom. The maximum absolute atomic E-state index is 12.9. The SMILES string of the molecule is CC(C)CN1CCc2ccc(C(=O)NCc3ccc4c(O)n(C5CCC(=O)NC5=O)cc4c3)cc2C1. The van der Waals surface area contributed by atoms with Crippen LogP contribution in [0.15, 0.2) is 42.6 Å². The Labute approximate surface area is 210 Å². The number of amides is 3. The minimum atomic E-state index is -0.626. The number of benzene rings is 2. The summed E-state index contributed by atoms with van der Waals surface area (Å²) in [6, 6.07) is 10.9. The van der Waals surface area contributed by atoms with Gasteiger partial charge in [0, 0.05) is 55.1 Å². The molecule has 188 valence electrons. The van der Waals surface area contributed by atoms with Crippen LogP contribution in [-0.4, -0.2) is 45.4 Å². The van der Waals surface area contributed by atoms with Crippen LogP contribution in [0, 0.1) is 5.92 Å². The number of aromatic nitrogens is 1. The van der Waals surface area contributed by atoms with E-state index in [0.717, 1.165) is 37.0 Å². The maximum Gasteiger partial charge on any atom is 0.251 e. The molecule has 2 aromatic carbocycles. The molecule has 1 aromatic heterocycles. The van der Waals surface area contributed by atoms with E-state index in [2.05, 4.69) is 35.4 Å². The molecule has 1 atom stereocenters. The first-order valence-electron chi connectivity index (χ1n) is 12.6. The molecule has 2 aliphatic rings. The largest absolute Gasteiger partial charge is 0.494 e. The second-order valence-electron chi connectivity index (χ2n) is 10.3. The molecule has 5 rings (SSSR count). The number of aromatic hydroxyl groups is 1. The number of piperidine rings is 1. The minimum Gasteiger partial charge on any atom is -0.494 e. The first kappa shape index (κ1) is 24.1. The number of rotatable bonds is 6. The Hall–Kier alpha value is -3.65. The third-order valence-corrected chi connectivity index (χ3v) is 7.06. The molecule has 0 aliphatic carbocycles. The number of carbonyl (C=O) groups is 3. The Morgan fingerprint density at radius 3 is 2.75 bits per heavy atom. The first-order valence-corrected chi connectivity index (χ1v) is 12.6. The molecule has 8 nitrogen and oxygen atoms in total. The van der Waals surface area contributed by atoms with Gasteiger partial charge in [0.2, 0.25) is 11.8 Å². The molecule has 3 heterocycles. The summed E-state index contributed by atoms with van der Waals surface area (Å²) in [6.07, 6.45) is 3.32. The van der Waals surface area contributed by atoms with Crippen LogP contribution in [0.4, 0.5) is 0 Å². The molecule has 36 heavy (non-hydrogen) atoms. The van der Waals surface area contributed by atoms with Gasteiger partial charge in [-0.25, -0.2) is 0 Å². The molecule has 8 heteroatoms. The molecular formula is C28H32N4O4. The van der Waals surface area contributed by atoms with Crippen LogP contribution in [-0.2, 0) is 29.1 Å². The molecule has 3 aromatic rings. The number of hydrogen-bond acceptors (Lipinski definition) is 5. The van der Waals surface area contributed by atoms with E-state index in [4.69, 9.17) is 0 Å². The molecular weight excluding hydrogens is 456 g/mol. The number of hydrogen-bond donors (Lipinski definition) is 3. The summed E-state index contributed by atoms with van der Waals surface area (Å²) in [7, 11) is 0. The maximum atomic E-state index is 12.9. The number of nitrogens with zero attached hydrogens (tertiary/aromatic N) is 2. The number of carbonyl (C=O) groups excluding carboxylic acids is 3. The van der Waals surface area contributed by atoms with Crippen LogP contribution < -0.4 is 10.6 Å². The number of fused-ring (bicyclic) bond motifs is 2. The molecule has 0 saturated carbocycles. The van der Waals surface area contributed by atoms with E-state index in [0.29, 0.717) is 29.8 Å². The van der Waals surface area contributed by atoms with Crippen LogP contribution in [0.25, 0.3) is 10.8 Å². The van der Waals surface area contributed by atoms with Crippen LogP contribution in [0.3, 0.4) is 0 Å². The van der Waals surface area contributed by atoms with Gasteiger partial charge >= 0.3 is 0 Å². The fourth-order valence-electron chi connectivity index (χ4n) is 5.28. The lowest BCUT2D eigenvalue weighted by Gasteiger charge is -2.30. The number of imide groups is 1. The molecule has 0 bridgehead atoms. The van der Waals surface area contributed by atoms with E-state index in [1.807, 2.05) is 24.3 Å². The van der Waals surface area contributed by atoms with Gasteiger partial charge in [-0.15, -0.1) is 0 Å². The van der Waals surface area contributed by atoms with E-state index in [1.54, 1.807) is 12.3 Å². The Morgan fingerprint density at radius 2 is 1.97 bits per heavy atom. The third-order valence-electron chi connectivity index (χ3n) is 7.06. The molecule has 0 spiro atoms. The van der Waals surface area contributed by atoms with E-state index in [-0.39, 0.29) is 24.1 Å². The van der Waals surface area contributed by atoms with Crippen LogP contribution >= 0.6 is 0 Å². The second-order valence-corrected chi connectivity index (χ2v) is 10.3. The van der Waals surface area contributed by atoms with Crippen molar-refractivity contribution in [1.29, 1.82) is 0 Å². The highest BCUT2D eigenvalue weighted by molar-refractivity contribution is 6.00. The van der Waals surface area contributed by atoms with Crippen molar-refractivity contribution < 1.29 is 19.5 Å². The summed E-state index contributed by atoms with van der Waals surface area (Å²) in [4.78, 5) is 39.1. The second kappa shape index (κ2) is 9.78. The highest BCUT2D eigenvalue weighted by atomic mass is 16.3. The van der Waals surface area contributed by atoms with Crippen molar-refractivity contribution in [3.8, 4) is 5.88 Å². The van der Waals surface area contributed by atoms with Crippen molar-refractivity contribution in [3.05, 3.63) is 64.8 Å². The summed E-state index contributed by atoms with van der Waals surface area (Å²) in [5.74, 6) is -0.222. The smallest absolute Gasteiger partial charge is 0.251 e. The Bertz CT molecular complexity index is 1340. The molecule has 1 saturated heterocycles. The highest BCUT2D eigenvalue weighted by Gasteiger charge is 2.30. The monoisotopic (exact) mass is 488 g/mol. The average Bonchev–Trinajstić information content (AvgIpc) is 3.17. The zero-order valence-corrected chi connectivity index (χ0v) is 20.7. The summed E-state index contributed by atoms with van der Waals surface area (Å²) < 4.78 is 1.52. The summed E-state index contributed by atoms with van der Waals surface area (Å²) in [5.41, 5.74) is 4.08. The third kappa shape index (κ3) is 4.86. The molecule has 3 amide bonds. The predicted molar refractivity (Wildman–Crippen MR) is 136 cm³/mol. The summed E-state index contributed by atoms with van der Waals surface area (Å²) >= 11 is 0. The fourth-order valence-corrected chi connectivity index (χ4v) is 5.28. The van der Waals surface area contributed by atoms with E-state index in [9.17, 15) is 19.5 Å². The highest BCUT2D eigenvalue weighted by Crippen LogP contribution is 2.33. The first-order chi connectivity index (χ1) is 17.3. The lowest BCUT2D eigenvalue weighted by molar-refractivity contribution is -0.135. The van der Waals surface area contributed by atoms with Gasteiger partial charge in [0.1, 0.15) is 6.04 Å². The lowest BCUT2D eigenvalue weighted by atomic mass is 9.96. The van der Waals surface area contributed by atoms with Crippen LogP contribution in [0.5, 0.6) is 5.88 Å². The molecule has 1 fully saturated rings. The van der Waals surface area contributed by atoms with E-state index in [1.165, 1.54) is 15.7 Å². The van der Waals surface area contributed by atoms with Crippen LogP contribution in [0.2, 0.25) is 0 Å². The van der Waals surface area contributed by atoms with Crippen molar-refractivity contribution in [2.24, 2.45) is 5.92 Å². The van der Waals surface area contributed by atoms with Gasteiger partial charge < -0.3 is 15.0 Å². The van der Waals surface area contributed by atoms with Crippen molar-refractivity contribution in [3.63, 3.8) is 0 Å². The zero-order valence-electron chi connectivity index (χ0n) is 20.7. The van der Waals surface area contributed by atoms with Crippen LogP contribution in [0.1, 0.15) is 59.8 Å². The van der Waals surface area contributed by atoms with Gasteiger partial charge in [-0.3, -0.25) is 24.6 Å². The van der Waals surface area contributed by atoms with E-state index < -0.39 is 11.9 Å². The average molecular weight is 489 g/mol. The fraction of sp³-hybridized carbons (Fsp3) is 0.393. The molecule has 3 N–H and O–H groups in total. The summed E-state index contributed by atoms with van der Waals surface area (Å²) in [5, 5.41) is 17.4. The van der Waals surface area contributed by atoms with Gasteiger partial charge in [-0.1, -0.05) is 26.0 Å². The van der Waals surface area contributed by atoms with Gasteiger partial charge in [0.05, 0.1) is 0 Å². The number of nitrogens with one attached hydrogen (secondary N) is 2. The van der Waals surface area contributed by atoms with Gasteiger partial charge in [-0.2, -0.15) is 0 Å². The molecule has 0 radical (unpaired) electrons. The Balaban J connectivity index is 1.27. The van der Waals surface area contributed by atoms with Crippen molar-refractivity contribution in [2.75, 3.05) is 13.1 Å². The molecule has 1 unspecified atom stereocenters. The van der Waals surface area contributed by atoms with Gasteiger partial charge in [0.15, 0.2) is 5.88 Å². The standard InChI is InChI=1S/C28H32N4O4/c1-17(2)14-31-10-9-19-4-5-20(12-21(19)15-31)26(34)29-13-18-3-6-23-22(11-18)16-32(28(23)36)24-7-8-25(33)30-27(24)35/h3-6,11-12,16-17,24,36H,7-10,13-15H2,1-2H3,(H,29,34)(H,30,33,35). The Kier molecular flexibility index (Phi) is 6.53. The minimum absolute atomic E-state index is 0.00402. The van der Waals surface area contributed by atoms with E-state index >= 15 is 0 Å². The van der Waals surface area contributed by atoms with Gasteiger partial charge in [-0.05, 0) is 59.7 Å². The topological polar surface area (TPSA) is 104 Å². The zero-order chi connectivity index (χ0) is 25.4. The quantitative estimate of drug-likeness (QED) is 0.462. The van der Waals surface area contributed by atoms with Crippen molar-refractivity contribution in [2.45, 2.75) is 52.2 Å². The van der Waals surface area contributed by atoms with Crippen molar-refractivity contribution >= 4 is 28.5 Å². The normalized spacial score (nSPS) is 18.4. The van der Waals surface area contributed by atoms with Gasteiger partial charge in [0.25, 0.3) is 5.91 Å². The van der Waals surface area contributed by atoms with Crippen molar-refractivity contribution in [1.82, 2.24) is 20.1 Å². The summed E-state index contributed by atoms with van der Waals surface area (Å²) in [6.45, 7) is 7.78. The molecule has 2 aliphatic heterocycles.